The molecule has 1 atom stereocenters. The molecule has 0 aromatic heterocycles. The predicted molar refractivity (Wildman–Crippen MR) is 92.8 cm³/mol. The molecular formula is C17H21Cl2NO4. The second-order valence-electron chi connectivity index (χ2n) is 6.28. The Morgan fingerprint density at radius 2 is 2.00 bits per heavy atom. The van der Waals surface area contributed by atoms with Crippen LogP contribution in [0, 0.1) is 5.92 Å². The Hall–Kier alpha value is -1.30. The lowest BCUT2D eigenvalue weighted by molar-refractivity contribution is -0.143. The molecule has 2 fully saturated rings. The first-order valence-corrected chi connectivity index (χ1v) is 8.27. The van der Waals surface area contributed by atoms with Crippen LogP contribution in [-0.2, 0) is 19.7 Å². The molecule has 1 aromatic carbocycles. The van der Waals surface area contributed by atoms with Gasteiger partial charge in [-0.05, 0) is 37.0 Å². The maximum atomic E-state index is 13.2. The summed E-state index contributed by atoms with van der Waals surface area (Å²) in [7, 11) is 0. The van der Waals surface area contributed by atoms with Crippen molar-refractivity contribution in [1.82, 2.24) is 4.90 Å². The molecule has 2 aliphatic heterocycles. The van der Waals surface area contributed by atoms with Crippen molar-refractivity contribution in [2.45, 2.75) is 24.7 Å². The van der Waals surface area contributed by atoms with Crippen LogP contribution in [0.1, 0.15) is 24.8 Å². The van der Waals surface area contributed by atoms with Gasteiger partial charge in [0.05, 0.1) is 11.3 Å². The quantitative estimate of drug-likeness (QED) is 0.884. The van der Waals surface area contributed by atoms with Crippen molar-refractivity contribution in [3.8, 4) is 0 Å². The summed E-state index contributed by atoms with van der Waals surface area (Å²) >= 11 is 6.12. The molecule has 0 aliphatic carbocycles. The average Bonchev–Trinajstić information content (AvgIpc) is 3.05. The van der Waals surface area contributed by atoms with Gasteiger partial charge in [-0.25, -0.2) is 0 Å². The summed E-state index contributed by atoms with van der Waals surface area (Å²) in [5.74, 6) is -1.29. The third kappa shape index (κ3) is 3.53. The summed E-state index contributed by atoms with van der Waals surface area (Å²) in [5.41, 5.74) is 0.244. The summed E-state index contributed by atoms with van der Waals surface area (Å²) in [6.45, 7) is 1.83. The molecule has 24 heavy (non-hydrogen) atoms. The highest BCUT2D eigenvalue weighted by Gasteiger charge is 2.46. The number of benzene rings is 1. The second-order valence-corrected chi connectivity index (χ2v) is 6.72. The number of likely N-dealkylation sites (tertiary alicyclic amines) is 1. The van der Waals surface area contributed by atoms with E-state index in [4.69, 9.17) is 21.4 Å². The molecule has 1 aromatic rings. The number of carbonyl (C=O) groups excluding carboxylic acids is 1. The molecule has 132 valence electrons. The Morgan fingerprint density at radius 1 is 1.29 bits per heavy atom. The molecule has 2 heterocycles. The standard InChI is InChI=1S/C17H20ClNO4.ClH/c18-14-3-1-2-13(10-14)17(5-8-23-9-6-17)16(22)19-7-4-12(11-19)15(20)21;/h1-3,10,12H,4-9,11H2,(H,20,21);1H. The number of hydrogen-bond acceptors (Lipinski definition) is 3. The van der Waals surface area contributed by atoms with Gasteiger partial charge in [0.25, 0.3) is 0 Å². The van der Waals surface area contributed by atoms with Gasteiger partial charge >= 0.3 is 5.97 Å². The molecule has 3 rings (SSSR count). The van der Waals surface area contributed by atoms with Gasteiger partial charge in [0, 0.05) is 31.3 Å². The third-order valence-electron chi connectivity index (χ3n) is 4.96. The Bertz CT molecular complexity index is 616. The fraction of sp³-hybridized carbons (Fsp3) is 0.529. The minimum absolute atomic E-state index is 0. The van der Waals surface area contributed by atoms with Gasteiger partial charge in [-0.15, -0.1) is 12.4 Å². The fourth-order valence-corrected chi connectivity index (χ4v) is 3.77. The van der Waals surface area contributed by atoms with Crippen LogP contribution in [-0.4, -0.2) is 48.2 Å². The highest BCUT2D eigenvalue weighted by molar-refractivity contribution is 6.30. The van der Waals surface area contributed by atoms with Gasteiger partial charge in [-0.3, -0.25) is 9.59 Å². The predicted octanol–water partition coefficient (Wildman–Crippen LogP) is 2.74. The molecule has 1 amide bonds. The van der Waals surface area contributed by atoms with Gasteiger partial charge in [0.15, 0.2) is 0 Å². The summed E-state index contributed by atoms with van der Waals surface area (Å²) < 4.78 is 5.45. The molecule has 1 N–H and O–H groups in total. The normalized spacial score (nSPS) is 22.7. The van der Waals surface area contributed by atoms with Crippen molar-refractivity contribution in [3.05, 3.63) is 34.9 Å². The highest BCUT2D eigenvalue weighted by atomic mass is 35.5. The SMILES string of the molecule is Cl.O=C(O)C1CCN(C(=O)C2(c3cccc(Cl)c3)CCOCC2)C1. The summed E-state index contributed by atoms with van der Waals surface area (Å²) in [5, 5.41) is 9.77. The van der Waals surface area contributed by atoms with E-state index in [0.29, 0.717) is 44.0 Å². The monoisotopic (exact) mass is 373 g/mol. The first-order valence-electron chi connectivity index (χ1n) is 7.89. The van der Waals surface area contributed by atoms with E-state index < -0.39 is 17.3 Å². The first-order chi connectivity index (χ1) is 11.0. The molecule has 2 aliphatic rings. The lowest BCUT2D eigenvalue weighted by atomic mass is 9.73. The Balaban J connectivity index is 0.00000208. The molecule has 7 heteroatoms. The van der Waals surface area contributed by atoms with Gasteiger partial charge in [0.1, 0.15) is 0 Å². The number of amides is 1. The minimum Gasteiger partial charge on any atom is -0.481 e. The number of aliphatic carboxylic acids is 1. The minimum atomic E-state index is -0.830. The molecule has 1 unspecified atom stereocenters. The van der Waals surface area contributed by atoms with Crippen LogP contribution in [0.2, 0.25) is 5.02 Å². The van der Waals surface area contributed by atoms with Crippen molar-refractivity contribution in [1.29, 1.82) is 0 Å². The van der Waals surface area contributed by atoms with Crippen LogP contribution >= 0.6 is 24.0 Å². The molecular weight excluding hydrogens is 353 g/mol. The van der Waals surface area contributed by atoms with Crippen molar-refractivity contribution < 1.29 is 19.4 Å². The number of rotatable bonds is 3. The number of ether oxygens (including phenoxy) is 1. The topological polar surface area (TPSA) is 66.8 Å². The molecule has 0 radical (unpaired) electrons. The van der Waals surface area contributed by atoms with Gasteiger partial charge < -0.3 is 14.7 Å². The van der Waals surface area contributed by atoms with E-state index in [1.165, 1.54) is 0 Å². The molecule has 0 bridgehead atoms. The maximum absolute atomic E-state index is 13.2. The van der Waals surface area contributed by atoms with E-state index in [2.05, 4.69) is 0 Å². The third-order valence-corrected chi connectivity index (χ3v) is 5.19. The summed E-state index contributed by atoms with van der Waals surface area (Å²) in [6, 6.07) is 7.42. The molecule has 2 saturated heterocycles. The zero-order valence-corrected chi connectivity index (χ0v) is 14.8. The number of carboxylic acid groups (broad SMARTS) is 1. The maximum Gasteiger partial charge on any atom is 0.308 e. The summed E-state index contributed by atoms with van der Waals surface area (Å²) in [4.78, 5) is 26.1. The van der Waals surface area contributed by atoms with E-state index >= 15 is 0 Å². The Morgan fingerprint density at radius 3 is 2.58 bits per heavy atom. The van der Waals surface area contributed by atoms with Crippen molar-refractivity contribution in [2.75, 3.05) is 26.3 Å². The Kier molecular flexibility index (Phi) is 6.12. The molecule has 5 nitrogen and oxygen atoms in total. The van der Waals surface area contributed by atoms with Crippen molar-refractivity contribution >= 4 is 35.9 Å². The lowest BCUT2D eigenvalue weighted by Gasteiger charge is -2.39. The van der Waals surface area contributed by atoms with Gasteiger partial charge in [-0.1, -0.05) is 23.7 Å². The highest BCUT2D eigenvalue weighted by Crippen LogP contribution is 2.39. The van der Waals surface area contributed by atoms with Crippen molar-refractivity contribution in [2.24, 2.45) is 5.92 Å². The lowest BCUT2D eigenvalue weighted by Crippen LogP contribution is -2.49. The van der Waals surface area contributed by atoms with E-state index in [-0.39, 0.29) is 24.9 Å². The van der Waals surface area contributed by atoms with E-state index in [0.717, 1.165) is 5.56 Å². The van der Waals surface area contributed by atoms with Crippen LogP contribution in [0.5, 0.6) is 0 Å². The Labute approximate surface area is 152 Å². The van der Waals surface area contributed by atoms with Crippen LogP contribution in [0.3, 0.4) is 0 Å². The zero-order chi connectivity index (χ0) is 16.4. The van der Waals surface area contributed by atoms with Crippen LogP contribution < -0.4 is 0 Å². The van der Waals surface area contributed by atoms with E-state index in [1.807, 2.05) is 18.2 Å². The number of hydrogen-bond donors (Lipinski definition) is 1. The first kappa shape index (κ1) is 19.0. The van der Waals surface area contributed by atoms with E-state index in [1.54, 1.807) is 11.0 Å². The number of halogens is 2. The smallest absolute Gasteiger partial charge is 0.308 e. The molecule has 0 spiro atoms. The van der Waals surface area contributed by atoms with Gasteiger partial charge in [-0.2, -0.15) is 0 Å². The van der Waals surface area contributed by atoms with Crippen LogP contribution in [0.4, 0.5) is 0 Å². The van der Waals surface area contributed by atoms with Crippen molar-refractivity contribution in [3.63, 3.8) is 0 Å². The fourth-order valence-electron chi connectivity index (χ4n) is 3.58. The number of carboxylic acids is 1. The van der Waals surface area contributed by atoms with Crippen LogP contribution in [0.25, 0.3) is 0 Å². The van der Waals surface area contributed by atoms with Crippen LogP contribution in [0.15, 0.2) is 24.3 Å². The molecule has 0 saturated carbocycles. The summed E-state index contributed by atoms with van der Waals surface area (Å²) in [6.07, 6.45) is 1.71. The van der Waals surface area contributed by atoms with Gasteiger partial charge in [0.2, 0.25) is 5.91 Å². The average molecular weight is 374 g/mol. The van der Waals surface area contributed by atoms with E-state index in [9.17, 15) is 9.59 Å². The number of nitrogens with zero attached hydrogens (tertiary/aromatic N) is 1. The largest absolute Gasteiger partial charge is 0.481 e. The number of carbonyl (C=O) groups is 2. The second kappa shape index (κ2) is 7.72. The zero-order valence-electron chi connectivity index (χ0n) is 13.2.